The molecule has 0 bridgehead atoms. The molecule has 8 nitrogen and oxygen atoms in total. The second kappa shape index (κ2) is 19.1. The van der Waals surface area contributed by atoms with Gasteiger partial charge < -0.3 is 20.1 Å². The minimum Gasteiger partial charge on any atom is -0.485 e. The second-order valence-electron chi connectivity index (χ2n) is 17.5. The van der Waals surface area contributed by atoms with Crippen molar-refractivity contribution in [3.05, 3.63) is 128 Å². The summed E-state index contributed by atoms with van der Waals surface area (Å²) in [5.74, 6) is 5.25. The van der Waals surface area contributed by atoms with Crippen molar-refractivity contribution in [1.29, 1.82) is 0 Å². The fourth-order valence-corrected chi connectivity index (χ4v) is 11.6. The number of thioether (sulfide) groups is 1. The van der Waals surface area contributed by atoms with E-state index in [0.717, 1.165) is 78.6 Å². The topological polar surface area (TPSA) is 92.3 Å². The SMILES string of the molecule is BrCCC1CC1.O=C1N(CCC2CC2)C(SCCC2CC2)=NC12CC(c1ccccc1)Oc1ccc(Br)cc12.O=C1NC(=S)NC12CC(c1ccccc1)Oc1ccc(Br)cc12. The fraction of sp³-hybridized carbons (Fsp3) is 0.429. The van der Waals surface area contributed by atoms with E-state index in [-0.39, 0.29) is 24.0 Å². The third-order valence-corrected chi connectivity index (χ3v) is 15.5. The number of ether oxygens (including phenoxy) is 2. The Balaban J connectivity index is 0.000000146. The number of thiocarbonyl (C=S) groups is 1. The van der Waals surface area contributed by atoms with Crippen LogP contribution in [0.1, 0.15) is 105 Å². The summed E-state index contributed by atoms with van der Waals surface area (Å²) in [6, 6.07) is 31.9. The van der Waals surface area contributed by atoms with E-state index in [2.05, 4.69) is 70.6 Å². The molecule has 4 heterocycles. The molecule has 4 aliphatic heterocycles. The summed E-state index contributed by atoms with van der Waals surface area (Å²) in [5.41, 5.74) is 2.01. The van der Waals surface area contributed by atoms with Crippen LogP contribution in [0.4, 0.5) is 0 Å². The normalized spacial score (nSPS) is 25.6. The summed E-state index contributed by atoms with van der Waals surface area (Å²) in [6.07, 6.45) is 12.6. The summed E-state index contributed by atoms with van der Waals surface area (Å²) in [5, 5.41) is 8.37. The van der Waals surface area contributed by atoms with Gasteiger partial charge in [0.05, 0.1) is 0 Å². The molecule has 0 radical (unpaired) electrons. The molecule has 4 unspecified atom stereocenters. The number of halogens is 3. The molecule has 0 aromatic heterocycles. The number of nitrogens with one attached hydrogen (secondary N) is 2. The van der Waals surface area contributed by atoms with Crippen molar-refractivity contribution in [2.24, 2.45) is 22.7 Å². The number of aliphatic imine (C=N–C) groups is 1. The van der Waals surface area contributed by atoms with Crippen LogP contribution in [0.3, 0.4) is 0 Å². The number of carbonyl (C=O) groups is 2. The van der Waals surface area contributed by atoms with Gasteiger partial charge in [0.25, 0.3) is 11.8 Å². The Labute approximate surface area is 399 Å². The zero-order chi connectivity index (χ0) is 42.8. The lowest BCUT2D eigenvalue weighted by Gasteiger charge is -2.38. The van der Waals surface area contributed by atoms with Crippen molar-refractivity contribution in [3.8, 4) is 11.5 Å². The Morgan fingerprint density at radius 2 is 1.27 bits per heavy atom. The maximum Gasteiger partial charge on any atom is 0.261 e. The molecule has 324 valence electrons. The van der Waals surface area contributed by atoms with E-state index in [1.165, 1.54) is 56.7 Å². The first kappa shape index (κ1) is 44.0. The Bertz CT molecular complexity index is 2330. The van der Waals surface area contributed by atoms with Crippen LogP contribution < -0.4 is 20.1 Å². The highest BCUT2D eigenvalue weighted by Crippen LogP contribution is 2.52. The minimum atomic E-state index is -0.913. The van der Waals surface area contributed by atoms with E-state index in [1.54, 1.807) is 11.8 Å². The quantitative estimate of drug-likeness (QED) is 0.121. The van der Waals surface area contributed by atoms with Gasteiger partial charge in [-0.2, -0.15) is 0 Å². The van der Waals surface area contributed by atoms with E-state index in [9.17, 15) is 9.59 Å². The van der Waals surface area contributed by atoms with Gasteiger partial charge in [-0.1, -0.05) is 159 Å². The van der Waals surface area contributed by atoms with Crippen LogP contribution in [-0.2, 0) is 20.7 Å². The van der Waals surface area contributed by atoms with Crippen molar-refractivity contribution < 1.29 is 19.1 Å². The van der Waals surface area contributed by atoms with Gasteiger partial charge >= 0.3 is 0 Å². The first-order valence-electron chi connectivity index (χ1n) is 21.9. The van der Waals surface area contributed by atoms with Gasteiger partial charge in [0.1, 0.15) is 23.7 Å². The Hall–Kier alpha value is -3.23. The summed E-state index contributed by atoms with van der Waals surface area (Å²) >= 11 is 17.4. The van der Waals surface area contributed by atoms with Gasteiger partial charge in [-0.05, 0) is 96.8 Å². The van der Waals surface area contributed by atoms with Crippen LogP contribution in [0.15, 0.2) is 111 Å². The second-order valence-corrected chi connectivity index (χ2v) is 21.6. The van der Waals surface area contributed by atoms with Crippen molar-refractivity contribution in [2.45, 2.75) is 93.9 Å². The van der Waals surface area contributed by atoms with Crippen LogP contribution in [-0.4, -0.2) is 44.6 Å². The summed E-state index contributed by atoms with van der Waals surface area (Å²) < 4.78 is 14.4. The van der Waals surface area contributed by atoms with Crippen molar-refractivity contribution >= 4 is 93.9 Å². The molecule has 1 saturated heterocycles. The highest BCUT2D eigenvalue weighted by Gasteiger charge is 2.55. The number of amides is 2. The number of hydrogen-bond donors (Lipinski definition) is 2. The molecule has 11 rings (SSSR count). The van der Waals surface area contributed by atoms with Crippen molar-refractivity contribution in [2.75, 3.05) is 17.6 Å². The lowest BCUT2D eigenvalue weighted by molar-refractivity contribution is -0.133. The summed E-state index contributed by atoms with van der Waals surface area (Å²) in [7, 11) is 0. The molecule has 4 fully saturated rings. The number of rotatable bonds is 10. The monoisotopic (exact) mass is 1060 g/mol. The molecular formula is C49H51Br3N4O4S2. The first-order chi connectivity index (χ1) is 30.1. The molecule has 4 aromatic rings. The van der Waals surface area contributed by atoms with Gasteiger partial charge in [-0.3, -0.25) is 14.5 Å². The maximum atomic E-state index is 14.2. The Morgan fingerprint density at radius 3 is 1.82 bits per heavy atom. The molecular weight excluding hydrogens is 1010 g/mol. The average molecular weight is 1060 g/mol. The molecule has 7 aliphatic rings. The standard InChI is InChI=1S/C27H29BrN2O2S.C17H13BrN2O2S.C5H9Br/c28-21-10-11-23-22(16-21)27(17-24(32-23)20-4-2-1-3-5-20)25(31)30(14-12-18-6-7-18)26(29-27)33-15-13-19-8-9-19;18-11-6-7-13-12(8-11)17(15(21)19-16(23)20-17)9-14(22-13)10-4-2-1-3-5-10;6-4-3-5-1-2-5/h1-5,10-11,16,18-19,24H,6-9,12-15,17H2;1-8,14H,9H2,(H2,19,20,21,23);5H,1-4H2. The summed E-state index contributed by atoms with van der Waals surface area (Å²) in [4.78, 5) is 34.2. The number of fused-ring (bicyclic) bond motifs is 4. The first-order valence-corrected chi connectivity index (χ1v) is 26.0. The molecule has 62 heavy (non-hydrogen) atoms. The van der Waals surface area contributed by atoms with Gasteiger partial charge in [0.15, 0.2) is 21.4 Å². The summed E-state index contributed by atoms with van der Waals surface area (Å²) in [6.45, 7) is 0.778. The predicted octanol–water partition coefficient (Wildman–Crippen LogP) is 12.1. The number of amidine groups is 1. The lowest BCUT2D eigenvalue weighted by atomic mass is 9.80. The van der Waals surface area contributed by atoms with E-state index in [4.69, 9.17) is 26.7 Å². The van der Waals surface area contributed by atoms with Gasteiger partial charge in [0, 0.05) is 50.5 Å². The molecule has 2 N–H and O–H groups in total. The van der Waals surface area contributed by atoms with Crippen molar-refractivity contribution in [3.63, 3.8) is 0 Å². The Kier molecular flexibility index (Phi) is 13.5. The average Bonchev–Trinajstić information content (AvgIpc) is 4.17. The fourth-order valence-electron chi connectivity index (χ4n) is 8.75. The van der Waals surface area contributed by atoms with Crippen LogP contribution in [0, 0.1) is 17.8 Å². The number of carbonyl (C=O) groups excluding carboxylic acids is 2. The molecule has 3 saturated carbocycles. The van der Waals surface area contributed by atoms with E-state index < -0.39 is 11.1 Å². The van der Waals surface area contributed by atoms with Crippen LogP contribution in [0.2, 0.25) is 0 Å². The molecule has 4 aromatic carbocycles. The molecule has 4 atom stereocenters. The molecule has 13 heteroatoms. The van der Waals surface area contributed by atoms with Crippen LogP contribution in [0.5, 0.6) is 11.5 Å². The largest absolute Gasteiger partial charge is 0.485 e. The number of hydrogen-bond acceptors (Lipinski definition) is 7. The zero-order valence-corrected chi connectivity index (χ0v) is 40.9. The smallest absolute Gasteiger partial charge is 0.261 e. The molecule has 2 spiro atoms. The predicted molar refractivity (Wildman–Crippen MR) is 262 cm³/mol. The third-order valence-electron chi connectivity index (χ3n) is 12.8. The number of alkyl halides is 1. The van der Waals surface area contributed by atoms with Crippen molar-refractivity contribution in [1.82, 2.24) is 15.5 Å². The highest BCUT2D eigenvalue weighted by atomic mass is 79.9. The van der Waals surface area contributed by atoms with E-state index in [0.29, 0.717) is 23.7 Å². The van der Waals surface area contributed by atoms with Gasteiger partial charge in [0.2, 0.25) is 0 Å². The maximum absolute atomic E-state index is 14.2. The Morgan fingerprint density at radius 1 is 0.726 bits per heavy atom. The van der Waals surface area contributed by atoms with Crippen LogP contribution in [0.25, 0.3) is 0 Å². The zero-order valence-electron chi connectivity index (χ0n) is 34.5. The molecule has 2 amide bonds. The minimum absolute atomic E-state index is 0.126. The molecule has 3 aliphatic carbocycles. The highest BCUT2D eigenvalue weighted by molar-refractivity contribution is 9.10. The number of benzene rings is 4. The van der Waals surface area contributed by atoms with E-state index in [1.807, 2.05) is 89.8 Å². The van der Waals surface area contributed by atoms with Gasteiger partial charge in [-0.15, -0.1) is 0 Å². The third kappa shape index (κ3) is 9.87. The lowest BCUT2D eigenvalue weighted by Crippen LogP contribution is -2.48. The van der Waals surface area contributed by atoms with Crippen LogP contribution >= 0.6 is 71.8 Å². The number of nitrogens with zero attached hydrogens (tertiary/aromatic N) is 2. The van der Waals surface area contributed by atoms with E-state index >= 15 is 0 Å². The van der Waals surface area contributed by atoms with Gasteiger partial charge in [-0.25, -0.2) is 4.99 Å².